The highest BCUT2D eigenvalue weighted by atomic mass is 79.9. The van der Waals surface area contributed by atoms with Crippen molar-refractivity contribution in [2.24, 2.45) is 5.92 Å². The maximum absolute atomic E-state index is 11.6. The highest BCUT2D eigenvalue weighted by Crippen LogP contribution is 2.34. The van der Waals surface area contributed by atoms with Gasteiger partial charge in [0.05, 0.1) is 4.92 Å². The Morgan fingerprint density at radius 2 is 2.29 bits per heavy atom. The van der Waals surface area contributed by atoms with Crippen molar-refractivity contribution in [1.29, 1.82) is 0 Å². The highest BCUT2D eigenvalue weighted by Gasteiger charge is 2.32. The van der Waals surface area contributed by atoms with Gasteiger partial charge < -0.3 is 5.32 Å². The first kappa shape index (κ1) is 12.0. The largest absolute Gasteiger partial charge is 0.315 e. The zero-order valence-corrected chi connectivity index (χ0v) is 10.7. The third kappa shape index (κ3) is 2.44. The van der Waals surface area contributed by atoms with E-state index < -0.39 is 4.92 Å². The van der Waals surface area contributed by atoms with Crippen molar-refractivity contribution in [3.63, 3.8) is 0 Å². The average molecular weight is 300 g/mol. The molecule has 0 unspecified atom stereocenters. The van der Waals surface area contributed by atoms with Gasteiger partial charge in [-0.3, -0.25) is 14.9 Å². The number of halogens is 1. The summed E-state index contributed by atoms with van der Waals surface area (Å²) in [6.45, 7) is 1.61. The molecular formula is C10H10BrN3O3. The summed E-state index contributed by atoms with van der Waals surface area (Å²) < 4.78 is 0.550. The van der Waals surface area contributed by atoms with Gasteiger partial charge >= 0.3 is 5.69 Å². The number of carbonyl (C=O) groups excluding carboxylic acids is 1. The summed E-state index contributed by atoms with van der Waals surface area (Å²) >= 11 is 3.18. The van der Waals surface area contributed by atoms with Gasteiger partial charge in [0.1, 0.15) is 0 Å². The van der Waals surface area contributed by atoms with Crippen molar-refractivity contribution in [2.45, 2.75) is 19.8 Å². The molecule has 0 bridgehead atoms. The van der Waals surface area contributed by atoms with E-state index in [4.69, 9.17) is 0 Å². The molecule has 1 saturated carbocycles. The van der Waals surface area contributed by atoms with Crippen LogP contribution in [-0.2, 0) is 4.79 Å². The number of carbonyl (C=O) groups is 1. The van der Waals surface area contributed by atoms with Crippen LogP contribution in [0.3, 0.4) is 0 Å². The molecule has 0 aliphatic heterocycles. The van der Waals surface area contributed by atoms with Crippen LogP contribution in [0.4, 0.5) is 11.5 Å². The van der Waals surface area contributed by atoms with E-state index in [2.05, 4.69) is 26.2 Å². The number of nitro groups is 1. The molecule has 0 spiro atoms. The van der Waals surface area contributed by atoms with Crippen LogP contribution in [0.25, 0.3) is 0 Å². The van der Waals surface area contributed by atoms with Gasteiger partial charge in [0.2, 0.25) is 11.7 Å². The van der Waals surface area contributed by atoms with Gasteiger partial charge in [0, 0.05) is 22.2 Å². The maximum Gasteiger partial charge on any atom is 0.315 e. The minimum atomic E-state index is -0.532. The van der Waals surface area contributed by atoms with E-state index in [0.29, 0.717) is 10.0 Å². The second kappa shape index (κ2) is 4.40. The Labute approximate surface area is 106 Å². The molecule has 2 rings (SSSR count). The van der Waals surface area contributed by atoms with Crippen LogP contribution in [0.5, 0.6) is 0 Å². The monoisotopic (exact) mass is 299 g/mol. The zero-order valence-electron chi connectivity index (χ0n) is 9.07. The van der Waals surface area contributed by atoms with E-state index in [0.717, 1.165) is 12.8 Å². The summed E-state index contributed by atoms with van der Waals surface area (Å²) in [7, 11) is 0. The molecule has 0 atom stereocenters. The average Bonchev–Trinajstić information content (AvgIpc) is 3.06. The fourth-order valence-electron chi connectivity index (χ4n) is 1.45. The highest BCUT2D eigenvalue weighted by molar-refractivity contribution is 9.10. The number of amides is 1. The maximum atomic E-state index is 11.6. The van der Waals surface area contributed by atoms with E-state index in [1.54, 1.807) is 6.92 Å². The molecule has 90 valence electrons. The lowest BCUT2D eigenvalue weighted by molar-refractivity contribution is -0.384. The van der Waals surface area contributed by atoms with Crippen LogP contribution in [0.2, 0.25) is 0 Å². The summed E-state index contributed by atoms with van der Waals surface area (Å²) in [6, 6.07) is 0. The third-order valence-corrected chi connectivity index (χ3v) is 3.42. The first-order valence-electron chi connectivity index (χ1n) is 5.11. The Bertz CT molecular complexity index is 500. The number of pyridine rings is 1. The number of rotatable bonds is 3. The number of nitrogens with zero attached hydrogens (tertiary/aromatic N) is 2. The lowest BCUT2D eigenvalue weighted by Crippen LogP contribution is -2.16. The van der Waals surface area contributed by atoms with Gasteiger partial charge in [-0.15, -0.1) is 0 Å². The number of nitrogens with one attached hydrogen (secondary N) is 1. The molecule has 17 heavy (non-hydrogen) atoms. The van der Waals surface area contributed by atoms with E-state index >= 15 is 0 Å². The van der Waals surface area contributed by atoms with Crippen molar-refractivity contribution >= 4 is 33.3 Å². The molecule has 0 aromatic carbocycles. The molecule has 6 nitrogen and oxygen atoms in total. The number of hydrogen-bond donors (Lipinski definition) is 1. The van der Waals surface area contributed by atoms with E-state index in [9.17, 15) is 14.9 Å². The van der Waals surface area contributed by atoms with Gasteiger partial charge in [0.15, 0.2) is 0 Å². The first-order chi connectivity index (χ1) is 8.00. The molecule has 1 N–H and O–H groups in total. The number of anilines is 1. The predicted octanol–water partition coefficient (Wildman–Crippen LogP) is 2.41. The summed E-state index contributed by atoms with van der Waals surface area (Å²) in [5, 5.41) is 13.5. The van der Waals surface area contributed by atoms with Crippen molar-refractivity contribution in [3.05, 3.63) is 26.3 Å². The Kier molecular flexibility index (Phi) is 3.10. The second-order valence-electron chi connectivity index (χ2n) is 3.95. The normalized spacial score (nSPS) is 14.5. The summed E-state index contributed by atoms with van der Waals surface area (Å²) in [6.07, 6.45) is 3.13. The van der Waals surface area contributed by atoms with Gasteiger partial charge in [-0.2, -0.15) is 0 Å². The van der Waals surface area contributed by atoms with E-state index in [1.807, 2.05) is 0 Å². The molecule has 1 aliphatic carbocycles. The smallest absolute Gasteiger partial charge is 0.305 e. The molecule has 7 heteroatoms. The summed E-state index contributed by atoms with van der Waals surface area (Å²) in [5.41, 5.74) is 0.296. The molecule has 1 heterocycles. The molecule has 1 amide bonds. The van der Waals surface area contributed by atoms with Gasteiger partial charge in [-0.25, -0.2) is 4.98 Å². The molecule has 0 saturated heterocycles. The molecular weight excluding hydrogens is 290 g/mol. The molecule has 1 fully saturated rings. The standard InChI is InChI=1S/C10H10BrN3O3/c1-5-7(11)4-12-9(8(5)14(16)17)13-10(15)6-2-3-6/h4,6H,2-3H2,1H3,(H,12,13,15). The zero-order chi connectivity index (χ0) is 12.6. The second-order valence-corrected chi connectivity index (χ2v) is 4.80. The topological polar surface area (TPSA) is 85.1 Å². The Morgan fingerprint density at radius 1 is 1.65 bits per heavy atom. The Hall–Kier alpha value is -1.50. The van der Waals surface area contributed by atoms with E-state index in [-0.39, 0.29) is 23.3 Å². The van der Waals surface area contributed by atoms with Gasteiger partial charge in [0.25, 0.3) is 0 Å². The van der Waals surface area contributed by atoms with Gasteiger partial charge in [-0.1, -0.05) is 0 Å². The Morgan fingerprint density at radius 3 is 2.82 bits per heavy atom. The third-order valence-electron chi connectivity index (χ3n) is 2.62. The van der Waals surface area contributed by atoms with Crippen molar-refractivity contribution in [2.75, 3.05) is 5.32 Å². The summed E-state index contributed by atoms with van der Waals surface area (Å²) in [4.78, 5) is 25.9. The van der Waals surface area contributed by atoms with Crippen molar-refractivity contribution in [1.82, 2.24) is 4.98 Å². The molecule has 1 aliphatic rings. The predicted molar refractivity (Wildman–Crippen MR) is 64.7 cm³/mol. The Balaban J connectivity index is 2.35. The molecule has 1 aromatic rings. The SMILES string of the molecule is Cc1c(Br)cnc(NC(=O)C2CC2)c1[N+](=O)[O-]. The number of hydrogen-bond acceptors (Lipinski definition) is 4. The fourth-order valence-corrected chi connectivity index (χ4v) is 1.74. The number of aromatic nitrogens is 1. The quantitative estimate of drug-likeness (QED) is 0.686. The van der Waals surface area contributed by atoms with Crippen LogP contribution in [0.15, 0.2) is 10.7 Å². The van der Waals surface area contributed by atoms with Crippen LogP contribution < -0.4 is 5.32 Å². The lowest BCUT2D eigenvalue weighted by Gasteiger charge is -2.07. The van der Waals surface area contributed by atoms with E-state index in [1.165, 1.54) is 6.20 Å². The van der Waals surface area contributed by atoms with Crippen molar-refractivity contribution < 1.29 is 9.72 Å². The van der Waals surface area contributed by atoms with Crippen LogP contribution in [0.1, 0.15) is 18.4 Å². The minimum absolute atomic E-state index is 0.0136. The van der Waals surface area contributed by atoms with Crippen LogP contribution >= 0.6 is 15.9 Å². The molecule has 1 aromatic heterocycles. The fraction of sp³-hybridized carbons (Fsp3) is 0.400. The first-order valence-corrected chi connectivity index (χ1v) is 5.90. The summed E-state index contributed by atoms with van der Waals surface area (Å²) in [5.74, 6) is -0.185. The van der Waals surface area contributed by atoms with Crippen LogP contribution in [0, 0.1) is 23.0 Å². The van der Waals surface area contributed by atoms with Crippen molar-refractivity contribution in [3.8, 4) is 0 Å². The lowest BCUT2D eigenvalue weighted by atomic mass is 10.2. The van der Waals surface area contributed by atoms with Crippen LogP contribution in [-0.4, -0.2) is 15.8 Å². The van der Waals surface area contributed by atoms with Gasteiger partial charge in [-0.05, 0) is 35.7 Å². The minimum Gasteiger partial charge on any atom is -0.305 e. The molecule has 0 radical (unpaired) electrons.